The van der Waals surface area contributed by atoms with Crippen LogP contribution in [-0.2, 0) is 0 Å². The predicted molar refractivity (Wildman–Crippen MR) is 82.3 cm³/mol. The van der Waals surface area contributed by atoms with E-state index in [9.17, 15) is 14.0 Å². The first-order valence-electron chi connectivity index (χ1n) is 7.67. The zero-order chi connectivity index (χ0) is 17.3. The summed E-state index contributed by atoms with van der Waals surface area (Å²) in [6.45, 7) is 2.60. The second-order valence-electron chi connectivity index (χ2n) is 5.82. The van der Waals surface area contributed by atoms with Crippen molar-refractivity contribution in [3.63, 3.8) is 0 Å². The third kappa shape index (κ3) is 2.99. The van der Waals surface area contributed by atoms with Crippen molar-refractivity contribution >= 4 is 11.9 Å². The molecule has 24 heavy (non-hydrogen) atoms. The summed E-state index contributed by atoms with van der Waals surface area (Å²) in [4.78, 5) is 25.1. The number of carboxylic acid groups (broad SMARTS) is 1. The van der Waals surface area contributed by atoms with Crippen LogP contribution in [0, 0.1) is 12.7 Å². The van der Waals surface area contributed by atoms with Gasteiger partial charge in [-0.2, -0.15) is 0 Å². The van der Waals surface area contributed by atoms with Crippen molar-refractivity contribution in [2.24, 2.45) is 0 Å². The highest BCUT2D eigenvalue weighted by atomic mass is 19.1. The van der Waals surface area contributed by atoms with Crippen LogP contribution < -0.4 is 0 Å². The minimum Gasteiger partial charge on any atom is -0.476 e. The number of carboxylic acids is 1. The Balaban J connectivity index is 1.67. The Morgan fingerprint density at radius 2 is 2.00 bits per heavy atom. The quantitative estimate of drug-likeness (QED) is 0.927. The molecule has 0 spiro atoms. The molecule has 3 rings (SSSR count). The fourth-order valence-electron chi connectivity index (χ4n) is 2.90. The summed E-state index contributed by atoms with van der Waals surface area (Å²) in [7, 11) is 0. The van der Waals surface area contributed by atoms with Crippen LogP contribution in [0.25, 0.3) is 0 Å². The van der Waals surface area contributed by atoms with Gasteiger partial charge < -0.3 is 10.0 Å². The minimum absolute atomic E-state index is 0.00302. The molecular weight excluding hydrogens is 315 g/mol. The summed E-state index contributed by atoms with van der Waals surface area (Å²) in [6.07, 6.45) is 2.69. The maximum absolute atomic E-state index is 13.6. The number of rotatable bonds is 3. The lowest BCUT2D eigenvalue weighted by molar-refractivity contribution is 0.0683. The van der Waals surface area contributed by atoms with Gasteiger partial charge in [0.2, 0.25) is 0 Å². The first-order valence-corrected chi connectivity index (χ1v) is 7.67. The van der Waals surface area contributed by atoms with E-state index in [2.05, 4.69) is 10.3 Å². The van der Waals surface area contributed by atoms with E-state index in [0.29, 0.717) is 37.1 Å². The van der Waals surface area contributed by atoms with Gasteiger partial charge >= 0.3 is 5.97 Å². The average molecular weight is 332 g/mol. The lowest BCUT2D eigenvalue weighted by Crippen LogP contribution is -2.39. The molecule has 0 atom stereocenters. The fourth-order valence-corrected chi connectivity index (χ4v) is 2.90. The summed E-state index contributed by atoms with van der Waals surface area (Å²) in [6, 6.07) is 4.50. The molecule has 1 aliphatic rings. The molecule has 2 heterocycles. The number of aromatic nitrogens is 3. The second-order valence-corrected chi connectivity index (χ2v) is 5.82. The highest BCUT2D eigenvalue weighted by molar-refractivity contribution is 5.95. The highest BCUT2D eigenvalue weighted by Gasteiger charge is 2.27. The van der Waals surface area contributed by atoms with Gasteiger partial charge in [0.05, 0.1) is 12.2 Å². The van der Waals surface area contributed by atoms with Gasteiger partial charge in [-0.25, -0.2) is 13.9 Å². The number of hydrogen-bond acceptors (Lipinski definition) is 4. The molecule has 0 radical (unpaired) electrons. The molecule has 1 amide bonds. The van der Waals surface area contributed by atoms with Crippen LogP contribution in [0.5, 0.6) is 0 Å². The summed E-state index contributed by atoms with van der Waals surface area (Å²) in [5, 5.41) is 16.3. The summed E-state index contributed by atoms with van der Waals surface area (Å²) < 4.78 is 15.2. The van der Waals surface area contributed by atoms with Crippen molar-refractivity contribution in [1.29, 1.82) is 0 Å². The van der Waals surface area contributed by atoms with Gasteiger partial charge in [-0.15, -0.1) is 5.10 Å². The topological polar surface area (TPSA) is 88.3 Å². The van der Waals surface area contributed by atoms with Crippen molar-refractivity contribution in [2.45, 2.75) is 25.8 Å². The van der Waals surface area contributed by atoms with Gasteiger partial charge in [0.1, 0.15) is 5.82 Å². The maximum Gasteiger partial charge on any atom is 0.358 e. The Morgan fingerprint density at radius 1 is 1.29 bits per heavy atom. The standard InChI is InChI=1S/C16H17FN4O3/c1-10-12(3-2-4-13(10)17)15(22)20-7-5-11(6-8-20)21-9-14(16(23)24)18-19-21/h2-4,9,11H,5-8H2,1H3,(H,23,24). The van der Waals surface area contributed by atoms with Gasteiger partial charge in [0.15, 0.2) is 5.69 Å². The molecule has 2 aromatic rings. The maximum atomic E-state index is 13.6. The van der Waals surface area contributed by atoms with E-state index in [-0.39, 0.29) is 23.5 Å². The van der Waals surface area contributed by atoms with Crippen LogP contribution >= 0.6 is 0 Å². The van der Waals surface area contributed by atoms with Crippen molar-refractivity contribution in [1.82, 2.24) is 19.9 Å². The van der Waals surface area contributed by atoms with E-state index < -0.39 is 5.97 Å². The third-order valence-corrected chi connectivity index (χ3v) is 4.35. The van der Waals surface area contributed by atoms with Crippen molar-refractivity contribution in [2.75, 3.05) is 13.1 Å². The lowest BCUT2D eigenvalue weighted by Gasteiger charge is -2.32. The van der Waals surface area contributed by atoms with Crippen LogP contribution in [0.3, 0.4) is 0 Å². The van der Waals surface area contributed by atoms with Gasteiger partial charge in [-0.05, 0) is 37.5 Å². The van der Waals surface area contributed by atoms with E-state index in [1.54, 1.807) is 22.6 Å². The molecule has 1 fully saturated rings. The molecule has 0 unspecified atom stereocenters. The molecule has 8 heteroatoms. The SMILES string of the molecule is Cc1c(F)cccc1C(=O)N1CCC(n2cc(C(=O)O)nn2)CC1. The van der Waals surface area contributed by atoms with Crippen molar-refractivity contribution < 1.29 is 19.1 Å². The number of carbonyl (C=O) groups is 2. The van der Waals surface area contributed by atoms with Gasteiger partial charge in [0.25, 0.3) is 5.91 Å². The van der Waals surface area contributed by atoms with E-state index in [1.165, 1.54) is 18.3 Å². The van der Waals surface area contributed by atoms with E-state index in [0.717, 1.165) is 0 Å². The molecule has 0 bridgehead atoms. The first-order chi connectivity index (χ1) is 11.5. The van der Waals surface area contributed by atoms with Crippen LogP contribution in [0.15, 0.2) is 24.4 Å². The molecule has 1 N–H and O–H groups in total. The highest BCUT2D eigenvalue weighted by Crippen LogP contribution is 2.24. The monoisotopic (exact) mass is 332 g/mol. The average Bonchev–Trinajstić information content (AvgIpc) is 3.07. The molecular formula is C16H17FN4O3. The molecule has 0 aliphatic carbocycles. The number of carbonyl (C=O) groups excluding carboxylic acids is 1. The normalized spacial score (nSPS) is 15.5. The number of hydrogen-bond donors (Lipinski definition) is 1. The Hall–Kier alpha value is -2.77. The Labute approximate surface area is 137 Å². The lowest BCUT2D eigenvalue weighted by atomic mass is 10.0. The zero-order valence-electron chi connectivity index (χ0n) is 13.1. The summed E-state index contributed by atoms with van der Waals surface area (Å²) in [5.74, 6) is -1.69. The second kappa shape index (κ2) is 6.38. The van der Waals surface area contributed by atoms with Crippen LogP contribution in [-0.4, -0.2) is 50.0 Å². The molecule has 1 aromatic carbocycles. The van der Waals surface area contributed by atoms with E-state index >= 15 is 0 Å². The number of nitrogens with zero attached hydrogens (tertiary/aromatic N) is 4. The molecule has 126 valence electrons. The molecule has 1 aromatic heterocycles. The Morgan fingerprint density at radius 3 is 2.62 bits per heavy atom. The number of likely N-dealkylation sites (tertiary alicyclic amines) is 1. The molecule has 0 saturated carbocycles. The summed E-state index contributed by atoms with van der Waals surface area (Å²) >= 11 is 0. The molecule has 7 nitrogen and oxygen atoms in total. The van der Waals surface area contributed by atoms with Crippen LogP contribution in [0.1, 0.15) is 45.3 Å². The van der Waals surface area contributed by atoms with E-state index in [4.69, 9.17) is 5.11 Å². The number of benzene rings is 1. The Bertz CT molecular complexity index is 781. The van der Waals surface area contributed by atoms with Gasteiger partial charge in [0, 0.05) is 18.7 Å². The third-order valence-electron chi connectivity index (χ3n) is 4.35. The van der Waals surface area contributed by atoms with Crippen molar-refractivity contribution in [3.8, 4) is 0 Å². The Kier molecular flexibility index (Phi) is 4.28. The number of aromatic carboxylic acids is 1. The number of amides is 1. The first kappa shape index (κ1) is 16.1. The van der Waals surface area contributed by atoms with Crippen LogP contribution in [0.4, 0.5) is 4.39 Å². The van der Waals surface area contributed by atoms with Gasteiger partial charge in [-0.3, -0.25) is 4.79 Å². The van der Waals surface area contributed by atoms with Crippen LogP contribution in [0.2, 0.25) is 0 Å². The van der Waals surface area contributed by atoms with Crippen molar-refractivity contribution in [3.05, 3.63) is 47.0 Å². The largest absolute Gasteiger partial charge is 0.476 e. The number of halogens is 1. The van der Waals surface area contributed by atoms with E-state index in [1.807, 2.05) is 0 Å². The molecule has 1 saturated heterocycles. The summed E-state index contributed by atoms with van der Waals surface area (Å²) in [5.41, 5.74) is 0.637. The molecule has 1 aliphatic heterocycles. The smallest absolute Gasteiger partial charge is 0.358 e. The predicted octanol–water partition coefficient (Wildman–Crippen LogP) is 1.90. The van der Waals surface area contributed by atoms with Gasteiger partial charge in [-0.1, -0.05) is 11.3 Å². The fraction of sp³-hybridized carbons (Fsp3) is 0.375. The zero-order valence-corrected chi connectivity index (χ0v) is 13.1. The number of piperidine rings is 1. The minimum atomic E-state index is -1.12.